The second-order valence-electron chi connectivity index (χ2n) is 11.0. The Balaban J connectivity index is 0.00000212. The van der Waals surface area contributed by atoms with Gasteiger partial charge < -0.3 is 26.0 Å². The van der Waals surface area contributed by atoms with E-state index in [2.05, 4.69) is 16.0 Å². The Labute approximate surface area is 245 Å². The molecule has 13 heteroatoms. The molecule has 0 fully saturated rings. The predicted octanol–water partition coefficient (Wildman–Crippen LogP) is 4.11. The number of nitrogens with one attached hydrogen (secondary N) is 3. The van der Waals surface area contributed by atoms with E-state index in [4.69, 9.17) is 15.2 Å². The van der Waals surface area contributed by atoms with Gasteiger partial charge in [-0.2, -0.15) is 18.4 Å². The van der Waals surface area contributed by atoms with Crippen LogP contribution in [0, 0.1) is 22.7 Å². The number of rotatable bonds is 11. The molecule has 3 amide bonds. The van der Waals surface area contributed by atoms with E-state index in [1.54, 1.807) is 31.9 Å². The lowest BCUT2D eigenvalue weighted by molar-refractivity contribution is -0.192. The highest BCUT2D eigenvalue weighted by atomic mass is 19.4. The molecule has 0 bridgehead atoms. The van der Waals surface area contributed by atoms with Crippen LogP contribution in [-0.4, -0.2) is 71.6 Å². The van der Waals surface area contributed by atoms with E-state index < -0.39 is 29.6 Å². The minimum atomic E-state index is -5.08. The summed E-state index contributed by atoms with van der Waals surface area (Å²) < 4.78 is 31.7. The monoisotopic (exact) mass is 597 g/mol. The van der Waals surface area contributed by atoms with Gasteiger partial charge in [0.2, 0.25) is 17.7 Å². The normalized spacial score (nSPS) is 13.8. The Morgan fingerprint density at radius 3 is 2.02 bits per heavy atom. The maximum Gasteiger partial charge on any atom is 0.490 e. The van der Waals surface area contributed by atoms with Crippen molar-refractivity contribution >= 4 is 29.4 Å². The second kappa shape index (κ2) is 17.0. The third-order valence-corrected chi connectivity index (χ3v) is 5.97. The lowest BCUT2D eigenvalue weighted by Crippen LogP contribution is -2.58. The Morgan fingerprint density at radius 2 is 1.60 bits per heavy atom. The number of aliphatic carboxylic acids is 1. The van der Waals surface area contributed by atoms with Crippen LogP contribution in [0.5, 0.6) is 0 Å². The molecule has 0 heterocycles. The third-order valence-electron chi connectivity index (χ3n) is 5.97. The maximum atomic E-state index is 13.6. The van der Waals surface area contributed by atoms with E-state index >= 15 is 0 Å². The van der Waals surface area contributed by atoms with Gasteiger partial charge in [-0.05, 0) is 37.3 Å². The van der Waals surface area contributed by atoms with Crippen LogP contribution in [-0.2, 0) is 19.2 Å². The summed E-state index contributed by atoms with van der Waals surface area (Å²) in [5, 5.41) is 24.6. The number of alkyl halides is 3. The zero-order chi connectivity index (χ0) is 32.8. The number of para-hydroxylation sites is 1. The molecule has 1 rings (SSSR count). The fourth-order valence-electron chi connectivity index (χ4n) is 3.57. The van der Waals surface area contributed by atoms with Crippen LogP contribution < -0.4 is 16.0 Å². The first-order valence-electron chi connectivity index (χ1n) is 13.3. The molecule has 0 aliphatic carbocycles. The van der Waals surface area contributed by atoms with Crippen LogP contribution in [0.15, 0.2) is 42.0 Å². The number of carboxylic acid groups (broad SMARTS) is 1. The van der Waals surface area contributed by atoms with E-state index in [-0.39, 0.29) is 42.6 Å². The third kappa shape index (κ3) is 13.5. The fraction of sp³-hybridized carbons (Fsp3) is 0.552. The average Bonchev–Trinajstić information content (AvgIpc) is 2.88. The first-order valence-corrected chi connectivity index (χ1v) is 13.3. The molecule has 1 aromatic carbocycles. The molecule has 0 saturated heterocycles. The topological polar surface area (TPSA) is 152 Å². The molecule has 1 aromatic rings. The molecule has 0 aliphatic heterocycles. The van der Waals surface area contributed by atoms with Crippen LogP contribution in [0.2, 0.25) is 0 Å². The number of nitrogens with zero attached hydrogens (tertiary/aromatic N) is 2. The molecule has 0 aromatic heterocycles. The Hall–Kier alpha value is -4.08. The molecular weight excluding hydrogens is 555 g/mol. The number of benzene rings is 1. The standard InChI is InChI=1S/C27H41N5O3.C2HF3O2/c1-18(2)22(17-19(3)24(33)29-16-12-15-28)32(8)26(35)23(27(5,6)7)31-25(34)20(4)30-21-13-10-9-11-14-21;3-2(4,5)1(6)7/h9-11,13-14,17-18,20,22-23,30H,12,16H2,1-8H3,(H,29,33)(H,31,34);(H,6,7)/b19-17+;/t20?,22-,23-;/m1./s1. The maximum absolute atomic E-state index is 13.6. The van der Waals surface area contributed by atoms with Crippen molar-refractivity contribution < 1.29 is 37.5 Å². The molecule has 0 spiro atoms. The quantitative estimate of drug-likeness (QED) is 0.221. The number of nitriles is 1. The lowest BCUT2D eigenvalue weighted by atomic mass is 9.85. The number of likely N-dealkylation sites (N-methyl/N-ethyl adjacent to an activating group) is 1. The number of anilines is 1. The van der Waals surface area contributed by atoms with Gasteiger partial charge in [0.1, 0.15) is 12.1 Å². The summed E-state index contributed by atoms with van der Waals surface area (Å²) in [6.45, 7) is 13.4. The summed E-state index contributed by atoms with van der Waals surface area (Å²) in [4.78, 5) is 49.5. The van der Waals surface area contributed by atoms with Gasteiger partial charge >= 0.3 is 12.1 Å². The van der Waals surface area contributed by atoms with Gasteiger partial charge in [-0.1, -0.05) is 58.9 Å². The van der Waals surface area contributed by atoms with Crippen LogP contribution in [0.3, 0.4) is 0 Å². The zero-order valence-electron chi connectivity index (χ0n) is 25.3. The molecule has 42 heavy (non-hydrogen) atoms. The number of amides is 3. The van der Waals surface area contributed by atoms with E-state index in [0.717, 1.165) is 5.69 Å². The molecule has 234 valence electrons. The summed E-state index contributed by atoms with van der Waals surface area (Å²) in [6.07, 6.45) is -3.08. The molecule has 0 radical (unpaired) electrons. The number of carbonyl (C=O) groups excluding carboxylic acids is 3. The van der Waals surface area contributed by atoms with Crippen LogP contribution in [0.1, 0.15) is 54.9 Å². The van der Waals surface area contributed by atoms with Gasteiger partial charge in [-0.25, -0.2) is 4.79 Å². The van der Waals surface area contributed by atoms with Gasteiger partial charge in [0, 0.05) is 24.9 Å². The van der Waals surface area contributed by atoms with Crippen molar-refractivity contribution in [1.29, 1.82) is 5.26 Å². The molecule has 10 nitrogen and oxygen atoms in total. The van der Waals surface area contributed by atoms with Crippen molar-refractivity contribution in [2.75, 3.05) is 18.9 Å². The van der Waals surface area contributed by atoms with Gasteiger partial charge in [0.05, 0.1) is 18.5 Å². The number of hydrogen-bond donors (Lipinski definition) is 4. The number of carbonyl (C=O) groups is 4. The summed E-state index contributed by atoms with van der Waals surface area (Å²) in [7, 11) is 1.70. The minimum Gasteiger partial charge on any atom is -0.475 e. The first kappa shape index (κ1) is 37.9. The van der Waals surface area contributed by atoms with Crippen LogP contribution in [0.4, 0.5) is 18.9 Å². The average molecular weight is 598 g/mol. The summed E-state index contributed by atoms with van der Waals surface area (Å²) in [5.41, 5.74) is 0.750. The minimum absolute atomic E-state index is 0.0285. The summed E-state index contributed by atoms with van der Waals surface area (Å²) in [5.74, 6) is -3.51. The van der Waals surface area contributed by atoms with Crippen molar-refractivity contribution in [3.05, 3.63) is 42.0 Å². The molecule has 0 aliphatic rings. The zero-order valence-corrected chi connectivity index (χ0v) is 25.3. The van der Waals surface area contributed by atoms with Gasteiger partial charge in [0.15, 0.2) is 0 Å². The van der Waals surface area contributed by atoms with E-state index in [1.807, 2.05) is 71.0 Å². The molecule has 3 atom stereocenters. The highest BCUT2D eigenvalue weighted by Gasteiger charge is 2.39. The summed E-state index contributed by atoms with van der Waals surface area (Å²) in [6, 6.07) is 9.75. The first-order chi connectivity index (χ1) is 19.2. The van der Waals surface area contributed by atoms with Crippen molar-refractivity contribution in [2.45, 2.75) is 79.2 Å². The van der Waals surface area contributed by atoms with E-state index in [1.165, 1.54) is 0 Å². The largest absolute Gasteiger partial charge is 0.490 e. The Bertz CT molecular complexity index is 1130. The number of carboxylic acids is 1. The smallest absolute Gasteiger partial charge is 0.475 e. The van der Waals surface area contributed by atoms with Crippen molar-refractivity contribution in [2.24, 2.45) is 11.3 Å². The van der Waals surface area contributed by atoms with Crippen molar-refractivity contribution in [3.63, 3.8) is 0 Å². The van der Waals surface area contributed by atoms with Crippen LogP contribution in [0.25, 0.3) is 0 Å². The van der Waals surface area contributed by atoms with Gasteiger partial charge in [-0.15, -0.1) is 0 Å². The molecular formula is C29H42F3N5O5. The van der Waals surface area contributed by atoms with E-state index in [0.29, 0.717) is 5.57 Å². The molecule has 0 saturated carbocycles. The lowest BCUT2D eigenvalue weighted by Gasteiger charge is -2.38. The predicted molar refractivity (Wildman–Crippen MR) is 153 cm³/mol. The highest BCUT2D eigenvalue weighted by Crippen LogP contribution is 2.24. The van der Waals surface area contributed by atoms with Gasteiger partial charge in [-0.3, -0.25) is 14.4 Å². The van der Waals surface area contributed by atoms with Crippen LogP contribution >= 0.6 is 0 Å². The highest BCUT2D eigenvalue weighted by molar-refractivity contribution is 5.93. The van der Waals surface area contributed by atoms with Gasteiger partial charge in [0.25, 0.3) is 0 Å². The fourth-order valence-corrected chi connectivity index (χ4v) is 3.57. The summed E-state index contributed by atoms with van der Waals surface area (Å²) >= 11 is 0. The van der Waals surface area contributed by atoms with Crippen molar-refractivity contribution in [3.8, 4) is 6.07 Å². The molecule has 4 N–H and O–H groups in total. The second-order valence-corrected chi connectivity index (χ2v) is 11.0. The molecule has 1 unspecified atom stereocenters. The number of hydrogen-bond acceptors (Lipinski definition) is 6. The Morgan fingerprint density at radius 1 is 1.07 bits per heavy atom. The number of halogens is 3. The van der Waals surface area contributed by atoms with E-state index in [9.17, 15) is 27.6 Å². The van der Waals surface area contributed by atoms with Crippen molar-refractivity contribution in [1.82, 2.24) is 15.5 Å². The Kier molecular flexibility index (Phi) is 15.4. The SMILES string of the molecule is C/C(=C\[C@H](C(C)C)N(C)C(=O)[C@@H](NC(=O)C(C)Nc1ccccc1)C(C)(C)C)C(=O)NCCC#N.O=C(O)C(F)(F)F.